The summed E-state index contributed by atoms with van der Waals surface area (Å²) < 4.78 is 10.8. The van der Waals surface area contributed by atoms with Gasteiger partial charge in [-0.1, -0.05) is 5.16 Å². The van der Waals surface area contributed by atoms with E-state index in [-0.39, 0.29) is 23.8 Å². The first-order chi connectivity index (χ1) is 11.1. The van der Waals surface area contributed by atoms with Crippen molar-refractivity contribution in [3.05, 3.63) is 34.1 Å². The van der Waals surface area contributed by atoms with Gasteiger partial charge < -0.3 is 14.6 Å². The summed E-state index contributed by atoms with van der Waals surface area (Å²) in [6.07, 6.45) is 1.75. The molecule has 1 fully saturated rings. The number of amides is 1. The van der Waals surface area contributed by atoms with Crippen molar-refractivity contribution in [1.29, 1.82) is 0 Å². The number of ether oxygens (including phenoxy) is 1. The van der Waals surface area contributed by atoms with E-state index < -0.39 is 0 Å². The number of aryl methyl sites for hydroxylation is 1. The number of thiophene rings is 1. The van der Waals surface area contributed by atoms with Crippen LogP contribution in [0.25, 0.3) is 0 Å². The number of aromatic nitrogens is 2. The Morgan fingerprint density at radius 2 is 2.22 bits per heavy atom. The van der Waals surface area contributed by atoms with Crippen LogP contribution in [0, 0.1) is 12.8 Å². The van der Waals surface area contributed by atoms with Crippen LogP contribution in [0.15, 0.2) is 21.3 Å². The van der Waals surface area contributed by atoms with Crippen LogP contribution in [-0.4, -0.2) is 29.3 Å². The Labute approximate surface area is 139 Å². The third-order valence-corrected chi connectivity index (χ3v) is 4.98. The highest BCUT2D eigenvalue weighted by Gasteiger charge is 2.32. The van der Waals surface area contributed by atoms with E-state index in [9.17, 15) is 4.79 Å². The van der Waals surface area contributed by atoms with Crippen LogP contribution in [0.2, 0.25) is 0 Å². The molecule has 1 amide bonds. The van der Waals surface area contributed by atoms with Crippen LogP contribution in [0.3, 0.4) is 0 Å². The van der Waals surface area contributed by atoms with Gasteiger partial charge in [-0.05, 0) is 55.0 Å². The van der Waals surface area contributed by atoms with E-state index in [2.05, 4.69) is 15.5 Å². The number of hydrogen-bond donors (Lipinski definition) is 1. The quantitative estimate of drug-likeness (QED) is 0.909. The first-order valence-electron chi connectivity index (χ1n) is 7.85. The van der Waals surface area contributed by atoms with Crippen molar-refractivity contribution in [3.63, 3.8) is 0 Å². The second-order valence-corrected chi connectivity index (χ2v) is 6.67. The Bertz CT molecular complexity index is 635. The molecule has 124 valence electrons. The van der Waals surface area contributed by atoms with Crippen molar-refractivity contribution in [3.8, 4) is 0 Å². The summed E-state index contributed by atoms with van der Waals surface area (Å²) in [5, 5.41) is 11.0. The van der Waals surface area contributed by atoms with E-state index in [0.717, 1.165) is 18.4 Å². The molecule has 1 aliphatic rings. The zero-order valence-corrected chi connectivity index (χ0v) is 14.1. The summed E-state index contributed by atoms with van der Waals surface area (Å²) in [6, 6.07) is 1.73. The van der Waals surface area contributed by atoms with Crippen LogP contribution in [0.1, 0.15) is 49.0 Å². The highest BCUT2D eigenvalue weighted by atomic mass is 32.1. The molecule has 3 heterocycles. The van der Waals surface area contributed by atoms with Crippen molar-refractivity contribution in [2.45, 2.75) is 38.6 Å². The molecular formula is C16H21N3O3S. The molecule has 2 aromatic heterocycles. The van der Waals surface area contributed by atoms with Gasteiger partial charge >= 0.3 is 0 Å². The molecule has 0 aliphatic carbocycles. The topological polar surface area (TPSA) is 77.2 Å². The number of hydrogen-bond acceptors (Lipinski definition) is 6. The van der Waals surface area contributed by atoms with Crippen LogP contribution >= 0.6 is 11.3 Å². The monoisotopic (exact) mass is 335 g/mol. The van der Waals surface area contributed by atoms with Gasteiger partial charge in [-0.2, -0.15) is 16.3 Å². The molecule has 0 spiro atoms. The first kappa shape index (κ1) is 16.1. The summed E-state index contributed by atoms with van der Waals surface area (Å²) >= 11 is 1.59. The van der Waals surface area contributed by atoms with Gasteiger partial charge in [-0.25, -0.2) is 0 Å². The third-order valence-electron chi connectivity index (χ3n) is 4.28. The Kier molecular flexibility index (Phi) is 5.07. The standard InChI is InChI=1S/C16H21N3O3S/c1-10(13-5-8-23-9-13)15(20)18-14(12-3-6-21-7-4-12)16-17-11(2)19-22-16/h5,8-10,12,14H,3-4,6-7H2,1-2H3,(H,18,20)/t10-,14+/m1/s1. The fourth-order valence-electron chi connectivity index (χ4n) is 2.82. The Balaban J connectivity index is 1.76. The lowest BCUT2D eigenvalue weighted by molar-refractivity contribution is -0.124. The van der Waals surface area contributed by atoms with E-state index in [1.165, 1.54) is 0 Å². The lowest BCUT2D eigenvalue weighted by Crippen LogP contribution is -2.38. The van der Waals surface area contributed by atoms with E-state index in [1.54, 1.807) is 18.3 Å². The summed E-state index contributed by atoms with van der Waals surface area (Å²) in [6.45, 7) is 5.09. The average Bonchev–Trinajstić information content (AvgIpc) is 3.24. The maximum absolute atomic E-state index is 12.6. The van der Waals surface area contributed by atoms with Gasteiger partial charge in [-0.3, -0.25) is 4.79 Å². The number of carbonyl (C=O) groups is 1. The molecule has 23 heavy (non-hydrogen) atoms. The molecular weight excluding hydrogens is 314 g/mol. The molecule has 0 aromatic carbocycles. The second kappa shape index (κ2) is 7.23. The molecule has 6 nitrogen and oxygen atoms in total. The van der Waals surface area contributed by atoms with Crippen molar-refractivity contribution in [2.24, 2.45) is 5.92 Å². The SMILES string of the molecule is Cc1noc([C@@H](NC(=O)[C@H](C)c2ccsc2)C2CCOCC2)n1. The van der Waals surface area contributed by atoms with Gasteiger partial charge in [0.05, 0.1) is 5.92 Å². The normalized spacial score (nSPS) is 18.5. The first-order valence-corrected chi connectivity index (χ1v) is 8.80. The number of carbonyl (C=O) groups excluding carboxylic acids is 1. The maximum atomic E-state index is 12.6. The lowest BCUT2D eigenvalue weighted by atomic mass is 9.90. The average molecular weight is 335 g/mol. The summed E-state index contributed by atoms with van der Waals surface area (Å²) in [5.74, 6) is 1.10. The van der Waals surface area contributed by atoms with Gasteiger partial charge in [0.2, 0.25) is 11.8 Å². The van der Waals surface area contributed by atoms with Crippen LogP contribution in [0.4, 0.5) is 0 Å². The minimum Gasteiger partial charge on any atom is -0.381 e. The van der Waals surface area contributed by atoms with E-state index in [1.807, 2.05) is 23.8 Å². The van der Waals surface area contributed by atoms with E-state index >= 15 is 0 Å². The fraction of sp³-hybridized carbons (Fsp3) is 0.562. The van der Waals surface area contributed by atoms with Crippen molar-refractivity contribution >= 4 is 17.2 Å². The van der Waals surface area contributed by atoms with E-state index in [0.29, 0.717) is 24.9 Å². The second-order valence-electron chi connectivity index (χ2n) is 5.89. The van der Waals surface area contributed by atoms with Crippen LogP contribution in [0.5, 0.6) is 0 Å². The van der Waals surface area contributed by atoms with Gasteiger partial charge in [0.15, 0.2) is 5.82 Å². The van der Waals surface area contributed by atoms with E-state index in [4.69, 9.17) is 9.26 Å². The van der Waals surface area contributed by atoms with Crippen molar-refractivity contribution < 1.29 is 14.1 Å². The summed E-state index contributed by atoms with van der Waals surface area (Å²) in [5.41, 5.74) is 1.03. The predicted molar refractivity (Wildman–Crippen MR) is 86.2 cm³/mol. The third kappa shape index (κ3) is 3.79. The van der Waals surface area contributed by atoms with Gasteiger partial charge in [0.25, 0.3) is 0 Å². The number of nitrogens with one attached hydrogen (secondary N) is 1. The number of nitrogens with zero attached hydrogens (tertiary/aromatic N) is 2. The zero-order chi connectivity index (χ0) is 16.2. The predicted octanol–water partition coefficient (Wildman–Crippen LogP) is 2.83. The molecule has 0 bridgehead atoms. The minimum atomic E-state index is -0.256. The molecule has 3 rings (SSSR count). The highest BCUT2D eigenvalue weighted by Crippen LogP contribution is 2.30. The van der Waals surface area contributed by atoms with Crippen LogP contribution in [-0.2, 0) is 9.53 Å². The van der Waals surface area contributed by atoms with Crippen molar-refractivity contribution in [1.82, 2.24) is 15.5 Å². The van der Waals surface area contributed by atoms with Gasteiger partial charge in [0, 0.05) is 13.2 Å². The van der Waals surface area contributed by atoms with Crippen LogP contribution < -0.4 is 5.32 Å². The van der Waals surface area contributed by atoms with Crippen molar-refractivity contribution in [2.75, 3.05) is 13.2 Å². The molecule has 0 unspecified atom stereocenters. The minimum absolute atomic E-state index is 0.0178. The maximum Gasteiger partial charge on any atom is 0.249 e. The van der Waals surface area contributed by atoms with Gasteiger partial charge in [-0.15, -0.1) is 0 Å². The molecule has 0 radical (unpaired) electrons. The summed E-state index contributed by atoms with van der Waals surface area (Å²) in [7, 11) is 0. The summed E-state index contributed by atoms with van der Waals surface area (Å²) in [4.78, 5) is 17.0. The largest absolute Gasteiger partial charge is 0.381 e. The Morgan fingerprint density at radius 1 is 1.43 bits per heavy atom. The molecule has 1 aliphatic heterocycles. The molecule has 1 N–H and O–H groups in total. The molecule has 0 saturated carbocycles. The molecule has 2 aromatic rings. The highest BCUT2D eigenvalue weighted by molar-refractivity contribution is 7.08. The Hall–Kier alpha value is -1.73. The smallest absolute Gasteiger partial charge is 0.249 e. The van der Waals surface area contributed by atoms with Gasteiger partial charge in [0.1, 0.15) is 6.04 Å². The lowest BCUT2D eigenvalue weighted by Gasteiger charge is -2.29. The molecule has 7 heteroatoms. The zero-order valence-electron chi connectivity index (χ0n) is 13.3. The molecule has 1 saturated heterocycles. The molecule has 2 atom stereocenters. The Morgan fingerprint density at radius 3 is 2.83 bits per heavy atom. The fourth-order valence-corrected chi connectivity index (χ4v) is 3.57. The number of rotatable bonds is 5.